The lowest BCUT2D eigenvalue weighted by Gasteiger charge is -2.33. The predicted octanol–water partition coefficient (Wildman–Crippen LogP) is 3.17. The van der Waals surface area contributed by atoms with Crippen LogP contribution in [0.1, 0.15) is 54.3 Å². The number of likely N-dealkylation sites (tertiary alicyclic amines) is 1. The lowest BCUT2D eigenvalue weighted by Crippen LogP contribution is -2.46. The van der Waals surface area contributed by atoms with Gasteiger partial charge in [0.1, 0.15) is 6.04 Å². The van der Waals surface area contributed by atoms with E-state index < -0.39 is 12.0 Å². The van der Waals surface area contributed by atoms with Gasteiger partial charge in [-0.25, -0.2) is 4.79 Å². The number of rotatable bonds is 3. The quantitative estimate of drug-likeness (QED) is 0.933. The van der Waals surface area contributed by atoms with E-state index in [2.05, 4.69) is 0 Å². The lowest BCUT2D eigenvalue weighted by molar-refractivity contribution is -0.141. The first-order valence-corrected chi connectivity index (χ1v) is 8.63. The van der Waals surface area contributed by atoms with Crippen molar-refractivity contribution in [3.63, 3.8) is 0 Å². The van der Waals surface area contributed by atoms with E-state index in [0.717, 1.165) is 42.5 Å². The Hall–Kier alpha value is -1.36. The highest BCUT2D eigenvalue weighted by Gasteiger charge is 2.48. The molecule has 114 valence electrons. The molecule has 1 saturated carbocycles. The summed E-state index contributed by atoms with van der Waals surface area (Å²) >= 11 is 1.44. The van der Waals surface area contributed by atoms with Gasteiger partial charge < -0.3 is 10.0 Å². The number of thiophene rings is 1. The zero-order valence-electron chi connectivity index (χ0n) is 12.2. The van der Waals surface area contributed by atoms with Gasteiger partial charge in [-0.1, -0.05) is 19.8 Å². The summed E-state index contributed by atoms with van der Waals surface area (Å²) < 4.78 is 0. The number of hydrogen-bond acceptors (Lipinski definition) is 3. The van der Waals surface area contributed by atoms with Crippen molar-refractivity contribution in [1.29, 1.82) is 0 Å². The molecule has 0 aromatic carbocycles. The van der Waals surface area contributed by atoms with E-state index in [-0.39, 0.29) is 11.9 Å². The first kappa shape index (κ1) is 14.6. The third kappa shape index (κ3) is 2.48. The van der Waals surface area contributed by atoms with Crippen molar-refractivity contribution in [2.24, 2.45) is 5.92 Å². The number of aliphatic carboxylic acids is 1. The van der Waals surface area contributed by atoms with Gasteiger partial charge in [0.25, 0.3) is 5.91 Å². The Kier molecular flexibility index (Phi) is 4.02. The first-order chi connectivity index (χ1) is 10.1. The van der Waals surface area contributed by atoms with E-state index in [1.54, 1.807) is 4.90 Å². The van der Waals surface area contributed by atoms with Crippen LogP contribution in [-0.4, -0.2) is 34.0 Å². The SMILES string of the molecule is CCc1ccsc1C(=O)N1C(C(=O)O)CC2CCCCC21. The normalized spacial score (nSPS) is 28.4. The Balaban J connectivity index is 1.93. The smallest absolute Gasteiger partial charge is 0.326 e. The average molecular weight is 307 g/mol. The predicted molar refractivity (Wildman–Crippen MR) is 81.7 cm³/mol. The van der Waals surface area contributed by atoms with Crippen molar-refractivity contribution >= 4 is 23.2 Å². The molecule has 1 saturated heterocycles. The second kappa shape index (κ2) is 5.79. The molecule has 3 rings (SSSR count). The number of nitrogens with zero attached hydrogens (tertiary/aromatic N) is 1. The van der Waals surface area contributed by atoms with Crippen LogP contribution in [0.2, 0.25) is 0 Å². The van der Waals surface area contributed by atoms with Crippen molar-refractivity contribution in [1.82, 2.24) is 4.90 Å². The summed E-state index contributed by atoms with van der Waals surface area (Å²) in [6, 6.07) is 1.46. The summed E-state index contributed by atoms with van der Waals surface area (Å²) in [5.41, 5.74) is 1.04. The molecule has 1 N–H and O–H groups in total. The minimum Gasteiger partial charge on any atom is -0.480 e. The molecule has 3 atom stereocenters. The minimum absolute atomic E-state index is 0.0661. The second-order valence-corrected chi connectivity index (χ2v) is 6.96. The molecule has 2 fully saturated rings. The number of hydrogen-bond donors (Lipinski definition) is 1. The average Bonchev–Trinajstić information content (AvgIpc) is 3.10. The van der Waals surface area contributed by atoms with E-state index in [9.17, 15) is 14.7 Å². The highest BCUT2D eigenvalue weighted by atomic mass is 32.1. The highest BCUT2D eigenvalue weighted by molar-refractivity contribution is 7.12. The van der Waals surface area contributed by atoms with E-state index in [4.69, 9.17) is 0 Å². The van der Waals surface area contributed by atoms with E-state index in [0.29, 0.717) is 12.3 Å². The summed E-state index contributed by atoms with van der Waals surface area (Å²) in [5.74, 6) is -0.551. The van der Waals surface area contributed by atoms with Gasteiger partial charge in [0.05, 0.1) is 4.88 Å². The fourth-order valence-electron chi connectivity index (χ4n) is 3.89. The monoisotopic (exact) mass is 307 g/mol. The molecule has 1 amide bonds. The van der Waals surface area contributed by atoms with Crippen LogP contribution in [0, 0.1) is 5.92 Å². The summed E-state index contributed by atoms with van der Waals surface area (Å²) in [5, 5.41) is 11.4. The molecular formula is C16H21NO3S. The number of carboxylic acid groups (broad SMARTS) is 1. The van der Waals surface area contributed by atoms with Crippen LogP contribution >= 0.6 is 11.3 Å². The highest BCUT2D eigenvalue weighted by Crippen LogP contribution is 2.41. The Morgan fingerprint density at radius 1 is 1.38 bits per heavy atom. The zero-order valence-corrected chi connectivity index (χ0v) is 13.1. The number of carbonyl (C=O) groups is 2. The van der Waals surface area contributed by atoms with Gasteiger partial charge in [-0.05, 0) is 48.6 Å². The van der Waals surface area contributed by atoms with E-state index >= 15 is 0 Å². The van der Waals surface area contributed by atoms with Crippen LogP contribution in [0.5, 0.6) is 0 Å². The first-order valence-electron chi connectivity index (χ1n) is 7.75. The third-order valence-corrected chi connectivity index (χ3v) is 5.87. The number of carboxylic acids is 1. The molecule has 4 nitrogen and oxygen atoms in total. The number of carbonyl (C=O) groups excluding carboxylic acids is 1. The van der Waals surface area contributed by atoms with Gasteiger partial charge in [-0.15, -0.1) is 11.3 Å². The van der Waals surface area contributed by atoms with Crippen LogP contribution in [-0.2, 0) is 11.2 Å². The fourth-order valence-corrected chi connectivity index (χ4v) is 4.83. The Morgan fingerprint density at radius 2 is 2.14 bits per heavy atom. The molecule has 2 aliphatic rings. The Labute approximate surface area is 128 Å². The van der Waals surface area contributed by atoms with Crippen molar-refractivity contribution < 1.29 is 14.7 Å². The third-order valence-electron chi connectivity index (χ3n) is 4.93. The molecule has 1 aromatic rings. The van der Waals surface area contributed by atoms with Crippen LogP contribution < -0.4 is 0 Å². The maximum Gasteiger partial charge on any atom is 0.326 e. The van der Waals surface area contributed by atoms with Gasteiger partial charge in [0, 0.05) is 6.04 Å². The van der Waals surface area contributed by atoms with E-state index in [1.165, 1.54) is 11.3 Å². The summed E-state index contributed by atoms with van der Waals surface area (Å²) in [7, 11) is 0. The van der Waals surface area contributed by atoms with Gasteiger partial charge >= 0.3 is 5.97 Å². The molecule has 1 aliphatic heterocycles. The molecule has 2 heterocycles. The van der Waals surface area contributed by atoms with Crippen LogP contribution in [0.15, 0.2) is 11.4 Å². The standard InChI is InChI=1S/C16H21NO3S/c1-2-10-7-8-21-14(10)15(18)17-12-6-4-3-5-11(12)9-13(17)16(19)20/h7-8,11-13H,2-6,9H2,1H3,(H,19,20). The molecule has 0 spiro atoms. The molecule has 5 heteroatoms. The second-order valence-electron chi connectivity index (χ2n) is 6.04. The van der Waals surface area contributed by atoms with Crippen LogP contribution in [0.3, 0.4) is 0 Å². The number of fused-ring (bicyclic) bond motifs is 1. The Morgan fingerprint density at radius 3 is 2.86 bits per heavy atom. The largest absolute Gasteiger partial charge is 0.480 e. The summed E-state index contributed by atoms with van der Waals surface area (Å²) in [6.45, 7) is 2.03. The number of aryl methyl sites for hydroxylation is 1. The molecule has 21 heavy (non-hydrogen) atoms. The molecule has 0 bridgehead atoms. The van der Waals surface area contributed by atoms with Crippen molar-refractivity contribution in [2.45, 2.75) is 57.5 Å². The van der Waals surface area contributed by atoms with Gasteiger partial charge in [-0.2, -0.15) is 0 Å². The molecule has 3 unspecified atom stereocenters. The topological polar surface area (TPSA) is 57.6 Å². The van der Waals surface area contributed by atoms with Gasteiger partial charge in [-0.3, -0.25) is 4.79 Å². The molecular weight excluding hydrogens is 286 g/mol. The summed E-state index contributed by atoms with van der Waals surface area (Å²) in [4.78, 5) is 26.9. The maximum atomic E-state index is 12.9. The molecule has 1 aliphatic carbocycles. The van der Waals surface area contributed by atoms with Crippen LogP contribution in [0.4, 0.5) is 0 Å². The minimum atomic E-state index is -0.854. The number of amides is 1. The van der Waals surface area contributed by atoms with Gasteiger partial charge in [0.15, 0.2) is 0 Å². The summed E-state index contributed by atoms with van der Waals surface area (Å²) in [6.07, 6.45) is 5.70. The fraction of sp³-hybridized carbons (Fsp3) is 0.625. The molecule has 1 aromatic heterocycles. The molecule has 0 radical (unpaired) electrons. The lowest BCUT2D eigenvalue weighted by atomic mass is 9.84. The van der Waals surface area contributed by atoms with Crippen molar-refractivity contribution in [2.75, 3.05) is 0 Å². The Bertz CT molecular complexity index is 553. The van der Waals surface area contributed by atoms with Crippen LogP contribution in [0.25, 0.3) is 0 Å². The van der Waals surface area contributed by atoms with Gasteiger partial charge in [0.2, 0.25) is 0 Å². The van der Waals surface area contributed by atoms with Crippen molar-refractivity contribution in [3.8, 4) is 0 Å². The van der Waals surface area contributed by atoms with E-state index in [1.807, 2.05) is 18.4 Å². The van der Waals surface area contributed by atoms with Crippen molar-refractivity contribution in [3.05, 3.63) is 21.9 Å². The zero-order chi connectivity index (χ0) is 15.0. The maximum absolute atomic E-state index is 12.9.